The summed E-state index contributed by atoms with van der Waals surface area (Å²) in [5.74, 6) is 0.574. The zero-order chi connectivity index (χ0) is 4.41. The zero-order valence-corrected chi connectivity index (χ0v) is 3.59. The van der Waals surface area contributed by atoms with E-state index in [1.54, 1.807) is 0 Å². The summed E-state index contributed by atoms with van der Waals surface area (Å²) >= 11 is 0. The Morgan fingerprint density at radius 2 is 2.33 bits per heavy atom. The van der Waals surface area contributed by atoms with Crippen LogP contribution in [0.3, 0.4) is 0 Å². The Morgan fingerprint density at radius 1 is 1.67 bits per heavy atom. The van der Waals surface area contributed by atoms with E-state index in [4.69, 9.17) is 0 Å². The maximum absolute atomic E-state index is 3.60. The van der Waals surface area contributed by atoms with E-state index in [1.165, 1.54) is 0 Å². The molecular formula is C6H7. The second-order valence-corrected chi connectivity index (χ2v) is 1.39. The second-order valence-electron chi connectivity index (χ2n) is 1.39. The minimum Gasteiger partial charge on any atom is -0.102 e. The molecule has 1 aliphatic rings. The Bertz CT molecular complexity index is 80.0. The highest BCUT2D eigenvalue weighted by molar-refractivity contribution is 5.21. The third-order valence-electron chi connectivity index (χ3n) is 0.939. The van der Waals surface area contributed by atoms with Crippen molar-refractivity contribution in [1.82, 2.24) is 0 Å². The average Bonchev–Trinajstić information content (AvgIpc) is 1.31. The van der Waals surface area contributed by atoms with Gasteiger partial charge >= 0.3 is 0 Å². The summed E-state index contributed by atoms with van der Waals surface area (Å²) in [6.07, 6.45) is 8.16. The van der Waals surface area contributed by atoms with Gasteiger partial charge in [0.1, 0.15) is 0 Å². The summed E-state index contributed by atoms with van der Waals surface area (Å²) in [7, 11) is 0. The summed E-state index contributed by atoms with van der Waals surface area (Å²) in [5.41, 5.74) is 0. The molecule has 0 N–H and O–H groups in total. The number of rotatable bonds is 1. The van der Waals surface area contributed by atoms with E-state index in [9.17, 15) is 0 Å². The van der Waals surface area contributed by atoms with Crippen LogP contribution in [0, 0.1) is 12.3 Å². The van der Waals surface area contributed by atoms with Gasteiger partial charge < -0.3 is 0 Å². The van der Waals surface area contributed by atoms with E-state index in [-0.39, 0.29) is 0 Å². The molecule has 1 rings (SSSR count). The van der Waals surface area contributed by atoms with Crippen LogP contribution >= 0.6 is 0 Å². The number of hydrogen-bond donors (Lipinski definition) is 0. The molecule has 1 unspecified atom stereocenters. The van der Waals surface area contributed by atoms with Crippen molar-refractivity contribution in [3.63, 3.8) is 0 Å². The summed E-state index contributed by atoms with van der Waals surface area (Å²) < 4.78 is 0. The van der Waals surface area contributed by atoms with Crippen molar-refractivity contribution in [2.24, 2.45) is 5.92 Å². The molecule has 0 saturated carbocycles. The van der Waals surface area contributed by atoms with Crippen molar-refractivity contribution in [3.05, 3.63) is 31.2 Å². The smallest absolute Gasteiger partial charge is 0.00128 e. The fourth-order valence-electron chi connectivity index (χ4n) is 0.397. The van der Waals surface area contributed by atoms with Crippen LogP contribution in [-0.2, 0) is 0 Å². The fraction of sp³-hybridized carbons (Fsp3) is 0.167. The van der Waals surface area contributed by atoms with E-state index in [0.717, 1.165) is 0 Å². The molecule has 0 fully saturated rings. The third-order valence-corrected chi connectivity index (χ3v) is 0.939. The SMILES string of the molecule is C=CC1[CH]C=C1. The highest BCUT2D eigenvalue weighted by atomic mass is 14.1. The van der Waals surface area contributed by atoms with Crippen LogP contribution in [0.25, 0.3) is 0 Å². The summed E-state index contributed by atoms with van der Waals surface area (Å²) in [6, 6.07) is 0. The zero-order valence-electron chi connectivity index (χ0n) is 3.59. The van der Waals surface area contributed by atoms with Crippen molar-refractivity contribution < 1.29 is 0 Å². The summed E-state index contributed by atoms with van der Waals surface area (Å²) in [6.45, 7) is 3.60. The molecular weight excluding hydrogens is 72.1 g/mol. The Kier molecular flexibility index (Phi) is 0.789. The number of allylic oxidation sites excluding steroid dienone is 3. The van der Waals surface area contributed by atoms with E-state index in [2.05, 4.69) is 19.1 Å². The van der Waals surface area contributed by atoms with Crippen molar-refractivity contribution in [1.29, 1.82) is 0 Å². The summed E-state index contributed by atoms with van der Waals surface area (Å²) in [5, 5.41) is 0. The van der Waals surface area contributed by atoms with Crippen LogP contribution in [0.4, 0.5) is 0 Å². The van der Waals surface area contributed by atoms with Crippen LogP contribution in [0.2, 0.25) is 0 Å². The Labute approximate surface area is 38.2 Å². The van der Waals surface area contributed by atoms with Gasteiger partial charge in [0.25, 0.3) is 0 Å². The van der Waals surface area contributed by atoms with Gasteiger partial charge in [-0.3, -0.25) is 0 Å². The molecule has 6 heavy (non-hydrogen) atoms. The predicted octanol–water partition coefficient (Wildman–Crippen LogP) is 1.56. The maximum Gasteiger partial charge on any atom is 0.00128 e. The predicted molar refractivity (Wildman–Crippen MR) is 27.1 cm³/mol. The molecule has 0 aromatic carbocycles. The molecule has 0 heteroatoms. The van der Waals surface area contributed by atoms with Crippen LogP contribution in [0.15, 0.2) is 24.8 Å². The van der Waals surface area contributed by atoms with Gasteiger partial charge in [-0.15, -0.1) is 6.58 Å². The largest absolute Gasteiger partial charge is 0.102 e. The van der Waals surface area contributed by atoms with Gasteiger partial charge in [0, 0.05) is 5.92 Å². The van der Waals surface area contributed by atoms with Gasteiger partial charge in [-0.2, -0.15) is 0 Å². The van der Waals surface area contributed by atoms with Crippen molar-refractivity contribution >= 4 is 0 Å². The lowest BCUT2D eigenvalue weighted by Crippen LogP contribution is -1.97. The van der Waals surface area contributed by atoms with Gasteiger partial charge in [0.2, 0.25) is 0 Å². The molecule has 0 aromatic heterocycles. The van der Waals surface area contributed by atoms with E-state index < -0.39 is 0 Å². The molecule has 0 bridgehead atoms. The van der Waals surface area contributed by atoms with Crippen molar-refractivity contribution in [2.45, 2.75) is 0 Å². The Balaban J connectivity index is 2.39. The lowest BCUT2D eigenvalue weighted by molar-refractivity contribution is 0.936. The molecule has 1 aliphatic carbocycles. The molecule has 0 nitrogen and oxygen atoms in total. The second kappa shape index (κ2) is 1.29. The molecule has 0 aliphatic heterocycles. The first kappa shape index (κ1) is 3.66. The molecule has 31 valence electrons. The fourth-order valence-corrected chi connectivity index (χ4v) is 0.397. The van der Waals surface area contributed by atoms with Crippen LogP contribution < -0.4 is 0 Å². The normalized spacial score (nSPS) is 29.0. The third kappa shape index (κ3) is 0.383. The van der Waals surface area contributed by atoms with Gasteiger partial charge in [-0.25, -0.2) is 0 Å². The van der Waals surface area contributed by atoms with Gasteiger partial charge in [-0.05, 0) is 6.42 Å². The van der Waals surface area contributed by atoms with Gasteiger partial charge in [0.15, 0.2) is 0 Å². The average molecular weight is 79.1 g/mol. The van der Waals surface area contributed by atoms with E-state index in [1.807, 2.05) is 12.2 Å². The molecule has 0 aromatic rings. The minimum atomic E-state index is 0.574. The van der Waals surface area contributed by atoms with E-state index in [0.29, 0.717) is 5.92 Å². The van der Waals surface area contributed by atoms with Crippen LogP contribution in [0.5, 0.6) is 0 Å². The standard InChI is InChI=1S/C6H7/c1-2-6-4-3-5-6/h2-6H,1H2. The molecule has 1 atom stereocenters. The highest BCUT2D eigenvalue weighted by Gasteiger charge is 2.02. The van der Waals surface area contributed by atoms with Crippen LogP contribution in [-0.4, -0.2) is 0 Å². The Morgan fingerprint density at radius 3 is 2.33 bits per heavy atom. The van der Waals surface area contributed by atoms with Gasteiger partial charge in [-0.1, -0.05) is 18.2 Å². The molecule has 0 spiro atoms. The first-order chi connectivity index (χ1) is 2.93. The van der Waals surface area contributed by atoms with Crippen LogP contribution in [0.1, 0.15) is 0 Å². The minimum absolute atomic E-state index is 0.574. The first-order valence-corrected chi connectivity index (χ1v) is 2.07. The lowest BCUT2D eigenvalue weighted by Gasteiger charge is -2.09. The highest BCUT2D eigenvalue weighted by Crippen LogP contribution is 2.14. The van der Waals surface area contributed by atoms with Crippen molar-refractivity contribution in [2.75, 3.05) is 0 Å². The number of hydrogen-bond acceptors (Lipinski definition) is 0. The quantitative estimate of drug-likeness (QED) is 0.418. The molecule has 0 heterocycles. The first-order valence-electron chi connectivity index (χ1n) is 2.07. The lowest BCUT2D eigenvalue weighted by atomic mass is 9.96. The topological polar surface area (TPSA) is 0 Å². The van der Waals surface area contributed by atoms with E-state index >= 15 is 0 Å². The summed E-state index contributed by atoms with van der Waals surface area (Å²) in [4.78, 5) is 0. The molecule has 1 radical (unpaired) electrons. The van der Waals surface area contributed by atoms with Crippen molar-refractivity contribution in [3.8, 4) is 0 Å². The molecule has 0 saturated heterocycles. The monoisotopic (exact) mass is 79.1 g/mol. The van der Waals surface area contributed by atoms with Gasteiger partial charge in [0.05, 0.1) is 0 Å². The maximum atomic E-state index is 3.60. The molecule has 0 amide bonds. The Hall–Kier alpha value is -0.520.